The van der Waals surface area contributed by atoms with Crippen molar-refractivity contribution in [2.24, 2.45) is 5.92 Å². The Hall–Kier alpha value is -1.03. The van der Waals surface area contributed by atoms with E-state index in [-0.39, 0.29) is 5.91 Å². The van der Waals surface area contributed by atoms with E-state index < -0.39 is 0 Å². The molecule has 1 aromatic carbocycles. The van der Waals surface area contributed by atoms with Gasteiger partial charge in [0.25, 0.3) is 0 Å². The maximum Gasteiger partial charge on any atom is 0.220 e. The fraction of sp³-hybridized carbons (Fsp3) is 0.500. The molecule has 0 saturated carbocycles. The van der Waals surface area contributed by atoms with Crippen molar-refractivity contribution in [2.75, 3.05) is 6.61 Å². The molecule has 0 fully saturated rings. The molecular weight excluding hydrogens is 294 g/mol. The third-order valence-corrected chi connectivity index (χ3v) is 3.35. The first-order valence-electron chi connectivity index (χ1n) is 6.27. The normalized spacial score (nSPS) is 13.3. The Balaban J connectivity index is 2.04. The molecule has 18 heavy (non-hydrogen) atoms. The minimum absolute atomic E-state index is 0.0942. The molecule has 1 amide bonds. The van der Waals surface area contributed by atoms with Crippen molar-refractivity contribution in [1.29, 1.82) is 0 Å². The minimum Gasteiger partial charge on any atom is -0.493 e. The summed E-state index contributed by atoms with van der Waals surface area (Å²) in [6.07, 6.45) is 1.51. The Morgan fingerprint density at radius 2 is 2.28 bits per heavy atom. The second-order valence-electron chi connectivity index (χ2n) is 5.03. The van der Waals surface area contributed by atoms with Gasteiger partial charge in [0, 0.05) is 29.4 Å². The van der Waals surface area contributed by atoms with Crippen molar-refractivity contribution in [3.63, 3.8) is 0 Å². The van der Waals surface area contributed by atoms with Crippen LogP contribution in [0.5, 0.6) is 5.75 Å². The van der Waals surface area contributed by atoms with E-state index in [9.17, 15) is 4.79 Å². The first-order chi connectivity index (χ1) is 8.56. The summed E-state index contributed by atoms with van der Waals surface area (Å²) >= 11 is 3.49. The van der Waals surface area contributed by atoms with E-state index in [1.165, 1.54) is 5.56 Å². The number of ether oxygens (including phenoxy) is 1. The monoisotopic (exact) mass is 311 g/mol. The molecule has 0 bridgehead atoms. The lowest BCUT2D eigenvalue weighted by Gasteiger charge is -2.11. The summed E-state index contributed by atoms with van der Waals surface area (Å²) in [6, 6.07) is 4.10. The van der Waals surface area contributed by atoms with Crippen LogP contribution < -0.4 is 10.1 Å². The summed E-state index contributed by atoms with van der Waals surface area (Å²) < 4.78 is 6.67. The van der Waals surface area contributed by atoms with Gasteiger partial charge in [-0.2, -0.15) is 0 Å². The Bertz CT molecular complexity index is 457. The van der Waals surface area contributed by atoms with Crippen LogP contribution in [0.15, 0.2) is 16.6 Å². The van der Waals surface area contributed by atoms with Crippen LogP contribution >= 0.6 is 15.9 Å². The van der Waals surface area contributed by atoms with Crippen LogP contribution in [0, 0.1) is 5.92 Å². The minimum atomic E-state index is 0.0942. The van der Waals surface area contributed by atoms with Gasteiger partial charge in [-0.3, -0.25) is 4.79 Å². The van der Waals surface area contributed by atoms with Crippen molar-refractivity contribution in [1.82, 2.24) is 5.32 Å². The third-order valence-electron chi connectivity index (χ3n) is 2.89. The van der Waals surface area contributed by atoms with E-state index in [0.29, 0.717) is 18.9 Å². The number of carbonyl (C=O) groups is 1. The van der Waals surface area contributed by atoms with E-state index in [1.54, 1.807) is 0 Å². The number of nitrogens with one attached hydrogen (secondary N) is 1. The zero-order valence-corrected chi connectivity index (χ0v) is 12.3. The molecule has 1 aliphatic heterocycles. The molecule has 0 aromatic heterocycles. The summed E-state index contributed by atoms with van der Waals surface area (Å²) in [7, 11) is 0. The van der Waals surface area contributed by atoms with Crippen LogP contribution in [0.25, 0.3) is 0 Å². The molecule has 0 unspecified atom stereocenters. The first kappa shape index (κ1) is 13.4. The predicted molar refractivity (Wildman–Crippen MR) is 74.6 cm³/mol. The van der Waals surface area contributed by atoms with E-state index in [2.05, 4.69) is 27.3 Å². The van der Waals surface area contributed by atoms with Crippen LogP contribution in [0.4, 0.5) is 0 Å². The standard InChI is InChI=1S/C14H18BrNO2/c1-9(2)5-13(17)16-8-11-7-12(15)6-10-3-4-18-14(10)11/h6-7,9H,3-5,8H2,1-2H3,(H,16,17). The van der Waals surface area contributed by atoms with Crippen LogP contribution in [0.2, 0.25) is 0 Å². The number of fused-ring (bicyclic) bond motifs is 1. The Labute approximate surface area is 116 Å². The lowest BCUT2D eigenvalue weighted by molar-refractivity contribution is -0.121. The number of hydrogen-bond donors (Lipinski definition) is 1. The number of benzene rings is 1. The van der Waals surface area contributed by atoms with Gasteiger partial charge in [0.05, 0.1) is 6.61 Å². The highest BCUT2D eigenvalue weighted by Gasteiger charge is 2.17. The van der Waals surface area contributed by atoms with Crippen molar-refractivity contribution in [3.05, 3.63) is 27.7 Å². The van der Waals surface area contributed by atoms with Gasteiger partial charge in [-0.1, -0.05) is 29.8 Å². The number of hydrogen-bond acceptors (Lipinski definition) is 2. The number of halogens is 1. The summed E-state index contributed by atoms with van der Waals surface area (Å²) in [5.74, 6) is 1.43. The molecule has 0 spiro atoms. The fourth-order valence-corrected chi connectivity index (χ4v) is 2.67. The molecule has 1 aromatic rings. The van der Waals surface area contributed by atoms with Crippen LogP contribution in [-0.2, 0) is 17.8 Å². The summed E-state index contributed by atoms with van der Waals surface area (Å²) in [5, 5.41) is 2.95. The van der Waals surface area contributed by atoms with E-state index in [0.717, 1.165) is 28.8 Å². The van der Waals surface area contributed by atoms with Gasteiger partial charge in [-0.05, 0) is 23.6 Å². The molecule has 0 radical (unpaired) electrons. The quantitative estimate of drug-likeness (QED) is 0.928. The van der Waals surface area contributed by atoms with Gasteiger partial charge in [0.2, 0.25) is 5.91 Å². The van der Waals surface area contributed by atoms with Crippen LogP contribution in [-0.4, -0.2) is 12.5 Å². The summed E-state index contributed by atoms with van der Waals surface area (Å²) in [6.45, 7) is 5.35. The molecule has 0 saturated heterocycles. The number of carbonyl (C=O) groups excluding carboxylic acids is 1. The molecule has 3 nitrogen and oxygen atoms in total. The SMILES string of the molecule is CC(C)CC(=O)NCc1cc(Br)cc2c1OCC2. The smallest absolute Gasteiger partial charge is 0.220 e. The topological polar surface area (TPSA) is 38.3 Å². The maximum atomic E-state index is 11.6. The molecular formula is C14H18BrNO2. The van der Waals surface area contributed by atoms with Gasteiger partial charge >= 0.3 is 0 Å². The lowest BCUT2D eigenvalue weighted by Crippen LogP contribution is -2.24. The highest BCUT2D eigenvalue weighted by Crippen LogP contribution is 2.32. The molecule has 1 N–H and O–H groups in total. The second-order valence-corrected chi connectivity index (χ2v) is 5.94. The fourth-order valence-electron chi connectivity index (χ4n) is 2.11. The Morgan fingerprint density at radius 3 is 3.00 bits per heavy atom. The highest BCUT2D eigenvalue weighted by atomic mass is 79.9. The zero-order chi connectivity index (χ0) is 13.1. The van der Waals surface area contributed by atoms with Gasteiger partial charge < -0.3 is 10.1 Å². The molecule has 0 atom stereocenters. The van der Waals surface area contributed by atoms with Gasteiger partial charge in [0.15, 0.2) is 0 Å². The van der Waals surface area contributed by atoms with E-state index in [1.807, 2.05) is 19.9 Å². The van der Waals surface area contributed by atoms with Crippen LogP contribution in [0.3, 0.4) is 0 Å². The van der Waals surface area contributed by atoms with Crippen molar-refractivity contribution in [2.45, 2.75) is 33.2 Å². The van der Waals surface area contributed by atoms with E-state index in [4.69, 9.17) is 4.74 Å². The maximum absolute atomic E-state index is 11.6. The molecule has 0 aliphatic carbocycles. The largest absolute Gasteiger partial charge is 0.493 e. The average Bonchev–Trinajstić information content (AvgIpc) is 2.72. The third kappa shape index (κ3) is 3.25. The number of rotatable bonds is 4. The van der Waals surface area contributed by atoms with Crippen molar-refractivity contribution < 1.29 is 9.53 Å². The Kier molecular flexibility index (Phi) is 4.27. The van der Waals surface area contributed by atoms with Crippen molar-refractivity contribution in [3.8, 4) is 5.75 Å². The molecule has 2 rings (SSSR count). The van der Waals surface area contributed by atoms with E-state index >= 15 is 0 Å². The van der Waals surface area contributed by atoms with Gasteiger partial charge in [-0.25, -0.2) is 0 Å². The van der Waals surface area contributed by atoms with Crippen LogP contribution in [0.1, 0.15) is 31.4 Å². The molecule has 4 heteroatoms. The second kappa shape index (κ2) is 5.74. The first-order valence-corrected chi connectivity index (χ1v) is 7.06. The van der Waals surface area contributed by atoms with Crippen molar-refractivity contribution >= 4 is 21.8 Å². The van der Waals surface area contributed by atoms with Gasteiger partial charge in [-0.15, -0.1) is 0 Å². The highest BCUT2D eigenvalue weighted by molar-refractivity contribution is 9.10. The average molecular weight is 312 g/mol. The molecule has 1 heterocycles. The zero-order valence-electron chi connectivity index (χ0n) is 10.8. The summed E-state index contributed by atoms with van der Waals surface area (Å²) in [4.78, 5) is 11.6. The number of amides is 1. The van der Waals surface area contributed by atoms with Gasteiger partial charge in [0.1, 0.15) is 5.75 Å². The summed E-state index contributed by atoms with van der Waals surface area (Å²) in [5.41, 5.74) is 2.27. The molecule has 1 aliphatic rings. The predicted octanol–water partition coefficient (Wildman–Crippen LogP) is 3.05. The Morgan fingerprint density at radius 1 is 1.50 bits per heavy atom. The lowest BCUT2D eigenvalue weighted by atomic mass is 10.1. The molecule has 98 valence electrons.